The van der Waals surface area contributed by atoms with Gasteiger partial charge >= 0.3 is 0 Å². The number of hydrogen-bond acceptors (Lipinski definition) is 4. The van der Waals surface area contributed by atoms with E-state index < -0.39 is 17.3 Å². The molecule has 33 heavy (non-hydrogen) atoms. The number of rotatable bonds is 9. The summed E-state index contributed by atoms with van der Waals surface area (Å²) in [5.41, 5.74) is 3.64. The van der Waals surface area contributed by atoms with Crippen molar-refractivity contribution in [1.82, 2.24) is 5.32 Å². The zero-order chi connectivity index (χ0) is 23.8. The minimum Gasteiger partial charge on any atom is -0.489 e. The van der Waals surface area contributed by atoms with Gasteiger partial charge in [0.25, 0.3) is 17.2 Å². The van der Waals surface area contributed by atoms with Gasteiger partial charge in [0.15, 0.2) is 0 Å². The van der Waals surface area contributed by atoms with E-state index in [1.807, 2.05) is 31.2 Å². The highest BCUT2D eigenvalue weighted by Gasteiger charge is 2.20. The summed E-state index contributed by atoms with van der Waals surface area (Å²) in [6.45, 7) is 4.25. The molecule has 7 nitrogen and oxygen atoms in total. The maximum atomic E-state index is 12.5. The molecule has 0 heterocycles. The number of hydrogen-bond donors (Lipinski definition) is 2. The van der Waals surface area contributed by atoms with E-state index in [2.05, 4.69) is 11.4 Å². The van der Waals surface area contributed by atoms with Crippen molar-refractivity contribution in [3.8, 4) is 11.8 Å². The average Bonchev–Trinajstić information content (AvgIpc) is 2.83. The summed E-state index contributed by atoms with van der Waals surface area (Å²) in [5, 5.41) is 11.7. The molecule has 0 bridgehead atoms. The van der Waals surface area contributed by atoms with Crippen LogP contribution in [0.1, 0.15) is 34.0 Å². The van der Waals surface area contributed by atoms with Crippen LogP contribution in [0.3, 0.4) is 0 Å². The number of carbonyl (C=O) groups excluding carboxylic acids is 1. The molecule has 0 saturated heterocycles. The van der Waals surface area contributed by atoms with Gasteiger partial charge in [-0.1, -0.05) is 29.8 Å². The van der Waals surface area contributed by atoms with Crippen LogP contribution in [0.5, 0.6) is 5.75 Å². The molecule has 2 N–H and O–H groups in total. The third-order valence-electron chi connectivity index (χ3n) is 5.02. The third-order valence-corrected chi connectivity index (χ3v) is 5.93. The standard InChI is InChI=1S/C25H25N3O4S/c1-18-3-11-23(12-4-18)28(33(30)31)19(2)16-27-25(29)22-9-13-24(14-10-22)32-17-21-7-5-20(15-26)6-8-21/h3-14,19H,16-17H2,1-2H3,(H,27,29)(H,30,31). The predicted octanol–water partition coefficient (Wildman–Crippen LogP) is 4.21. The summed E-state index contributed by atoms with van der Waals surface area (Å²) in [7, 11) is 0. The third kappa shape index (κ3) is 6.65. The van der Waals surface area contributed by atoms with Crippen LogP contribution in [-0.2, 0) is 17.9 Å². The first kappa shape index (κ1) is 24.0. The van der Waals surface area contributed by atoms with Crippen molar-refractivity contribution in [1.29, 1.82) is 5.26 Å². The van der Waals surface area contributed by atoms with Gasteiger partial charge in [0.2, 0.25) is 0 Å². The van der Waals surface area contributed by atoms with Crippen LogP contribution < -0.4 is 14.4 Å². The van der Waals surface area contributed by atoms with Crippen molar-refractivity contribution in [3.05, 3.63) is 95.1 Å². The molecule has 3 aromatic carbocycles. The SMILES string of the molecule is Cc1ccc(N(C(C)CNC(=O)c2ccc(OCc3ccc(C#N)cc3)cc2)S(=O)O)cc1. The van der Waals surface area contributed by atoms with E-state index in [4.69, 9.17) is 10.00 Å². The minimum absolute atomic E-state index is 0.190. The average molecular weight is 464 g/mol. The predicted molar refractivity (Wildman–Crippen MR) is 128 cm³/mol. The van der Waals surface area contributed by atoms with Crippen LogP contribution >= 0.6 is 0 Å². The van der Waals surface area contributed by atoms with Crippen LogP contribution in [-0.4, -0.2) is 27.3 Å². The fourth-order valence-corrected chi connectivity index (χ4v) is 3.84. The molecule has 2 unspecified atom stereocenters. The lowest BCUT2D eigenvalue weighted by Gasteiger charge is -2.27. The van der Waals surface area contributed by atoms with Crippen LogP contribution in [0.25, 0.3) is 0 Å². The van der Waals surface area contributed by atoms with Gasteiger partial charge in [-0.15, -0.1) is 0 Å². The Morgan fingerprint density at radius 3 is 2.30 bits per heavy atom. The Balaban J connectivity index is 1.54. The van der Waals surface area contributed by atoms with Crippen molar-refractivity contribution in [2.75, 3.05) is 10.8 Å². The normalized spacial score (nSPS) is 12.3. The van der Waals surface area contributed by atoms with Crippen molar-refractivity contribution < 1.29 is 18.3 Å². The number of ether oxygens (including phenoxy) is 1. The second-order valence-corrected chi connectivity index (χ2v) is 8.43. The first-order chi connectivity index (χ1) is 15.9. The van der Waals surface area contributed by atoms with Crippen molar-refractivity contribution in [2.45, 2.75) is 26.5 Å². The smallest absolute Gasteiger partial charge is 0.262 e. The molecule has 3 aromatic rings. The summed E-state index contributed by atoms with van der Waals surface area (Å²) in [4.78, 5) is 12.5. The molecule has 0 aromatic heterocycles. The van der Waals surface area contributed by atoms with E-state index in [-0.39, 0.29) is 12.5 Å². The van der Waals surface area contributed by atoms with Gasteiger partial charge in [0, 0.05) is 12.1 Å². The number of anilines is 1. The Labute approximate surface area is 196 Å². The molecule has 3 rings (SSSR count). The van der Waals surface area contributed by atoms with Crippen molar-refractivity contribution in [3.63, 3.8) is 0 Å². The maximum absolute atomic E-state index is 12.5. The molecule has 0 aliphatic rings. The van der Waals surface area contributed by atoms with Gasteiger partial charge < -0.3 is 10.1 Å². The van der Waals surface area contributed by atoms with Gasteiger partial charge in [-0.05, 0) is 67.9 Å². The van der Waals surface area contributed by atoms with Gasteiger partial charge in [-0.3, -0.25) is 13.7 Å². The number of benzene rings is 3. The molecule has 1 amide bonds. The number of aryl methyl sites for hydroxylation is 1. The van der Waals surface area contributed by atoms with E-state index in [0.717, 1.165) is 11.1 Å². The highest BCUT2D eigenvalue weighted by Crippen LogP contribution is 2.19. The summed E-state index contributed by atoms with van der Waals surface area (Å²) in [5.74, 6) is 0.332. The Morgan fingerprint density at radius 2 is 1.73 bits per heavy atom. The molecule has 170 valence electrons. The second-order valence-electron chi connectivity index (χ2n) is 7.57. The molecule has 2 atom stereocenters. The summed E-state index contributed by atoms with van der Waals surface area (Å²) >= 11 is -2.22. The zero-order valence-electron chi connectivity index (χ0n) is 18.4. The highest BCUT2D eigenvalue weighted by molar-refractivity contribution is 7.80. The Hall–Kier alpha value is -3.67. The first-order valence-corrected chi connectivity index (χ1v) is 11.4. The van der Waals surface area contributed by atoms with Crippen LogP contribution in [0.15, 0.2) is 72.8 Å². The maximum Gasteiger partial charge on any atom is 0.262 e. The first-order valence-electron chi connectivity index (χ1n) is 10.3. The molecular weight excluding hydrogens is 438 g/mol. The Kier molecular flexibility index (Phi) is 8.19. The Bertz CT molecular complexity index is 1140. The summed E-state index contributed by atoms with van der Waals surface area (Å²) in [6.07, 6.45) is 0. The van der Waals surface area contributed by atoms with E-state index in [0.29, 0.717) is 29.2 Å². The van der Waals surface area contributed by atoms with E-state index >= 15 is 0 Å². The number of amides is 1. The number of carbonyl (C=O) groups is 1. The zero-order valence-corrected chi connectivity index (χ0v) is 19.2. The van der Waals surface area contributed by atoms with Crippen molar-refractivity contribution in [2.24, 2.45) is 0 Å². The van der Waals surface area contributed by atoms with Gasteiger partial charge in [0.05, 0.1) is 23.4 Å². The lowest BCUT2D eigenvalue weighted by molar-refractivity contribution is 0.0952. The number of nitriles is 1. The molecule has 0 radical (unpaired) electrons. The second kappa shape index (κ2) is 11.3. The van der Waals surface area contributed by atoms with Crippen LogP contribution in [0, 0.1) is 18.3 Å². The number of nitrogens with zero attached hydrogens (tertiary/aromatic N) is 2. The lowest BCUT2D eigenvalue weighted by atomic mass is 10.1. The van der Waals surface area contributed by atoms with E-state index in [9.17, 15) is 13.6 Å². The Morgan fingerprint density at radius 1 is 1.09 bits per heavy atom. The fourth-order valence-electron chi connectivity index (χ4n) is 3.16. The topological polar surface area (TPSA) is 103 Å². The van der Waals surface area contributed by atoms with Crippen molar-refractivity contribution >= 4 is 22.9 Å². The molecule has 0 aliphatic heterocycles. The molecule has 0 aliphatic carbocycles. The van der Waals surface area contributed by atoms with Gasteiger partial charge in [-0.25, -0.2) is 4.21 Å². The minimum atomic E-state index is -2.22. The number of nitrogens with one attached hydrogen (secondary N) is 1. The van der Waals surface area contributed by atoms with E-state index in [1.165, 1.54) is 4.31 Å². The molecule has 8 heteroatoms. The quantitative estimate of drug-likeness (QED) is 0.463. The van der Waals surface area contributed by atoms with Crippen LogP contribution in [0.4, 0.5) is 5.69 Å². The van der Waals surface area contributed by atoms with Gasteiger partial charge in [-0.2, -0.15) is 5.26 Å². The largest absolute Gasteiger partial charge is 0.489 e. The molecule has 0 fully saturated rings. The highest BCUT2D eigenvalue weighted by atomic mass is 32.2. The molecule has 0 saturated carbocycles. The molecular formula is C25H25N3O4S. The fraction of sp³-hybridized carbons (Fsp3) is 0.200. The summed E-state index contributed by atoms with van der Waals surface area (Å²) < 4.78 is 28.7. The molecule has 0 spiro atoms. The lowest BCUT2D eigenvalue weighted by Crippen LogP contribution is -2.43. The van der Waals surface area contributed by atoms with Gasteiger partial charge in [0.1, 0.15) is 12.4 Å². The van der Waals surface area contributed by atoms with Crippen LogP contribution in [0.2, 0.25) is 0 Å². The van der Waals surface area contributed by atoms with E-state index in [1.54, 1.807) is 55.5 Å². The monoisotopic (exact) mass is 463 g/mol. The summed E-state index contributed by atoms with van der Waals surface area (Å²) in [6, 6.07) is 22.8.